The van der Waals surface area contributed by atoms with Crippen molar-refractivity contribution in [2.24, 2.45) is 0 Å². The van der Waals surface area contributed by atoms with Gasteiger partial charge in [-0.2, -0.15) is 0 Å². The van der Waals surface area contributed by atoms with E-state index in [2.05, 4.69) is 62.5 Å². The zero-order chi connectivity index (χ0) is 20.3. The summed E-state index contributed by atoms with van der Waals surface area (Å²) in [6.45, 7) is 6.89. The zero-order valence-corrected chi connectivity index (χ0v) is 20.7. The summed E-state index contributed by atoms with van der Waals surface area (Å²) in [6.07, 6.45) is 20.6. The molecule has 2 heteroatoms. The van der Waals surface area contributed by atoms with E-state index in [0.717, 1.165) is 0 Å². The first-order chi connectivity index (χ1) is 13.8. The maximum absolute atomic E-state index is 2.46. The molecule has 0 heterocycles. The SMILES string of the molecule is CCCCCCCCSc1cc(CCCC)cc(SCCCCCCCC)c1. The van der Waals surface area contributed by atoms with Gasteiger partial charge in [-0.25, -0.2) is 0 Å². The van der Waals surface area contributed by atoms with E-state index in [4.69, 9.17) is 0 Å². The first-order valence-corrected chi connectivity index (χ1v) is 14.2. The molecule has 0 spiro atoms. The van der Waals surface area contributed by atoms with Gasteiger partial charge in [0.05, 0.1) is 0 Å². The summed E-state index contributed by atoms with van der Waals surface area (Å²) in [6, 6.07) is 7.39. The van der Waals surface area contributed by atoms with Gasteiger partial charge in [0.15, 0.2) is 0 Å². The van der Waals surface area contributed by atoms with Crippen molar-refractivity contribution in [1.82, 2.24) is 0 Å². The first-order valence-electron chi connectivity index (χ1n) is 12.2. The second-order valence-electron chi connectivity index (χ2n) is 8.15. The van der Waals surface area contributed by atoms with Crippen LogP contribution < -0.4 is 0 Å². The van der Waals surface area contributed by atoms with Crippen LogP contribution in [0.15, 0.2) is 28.0 Å². The van der Waals surface area contributed by atoms with Crippen LogP contribution >= 0.6 is 23.5 Å². The van der Waals surface area contributed by atoms with Crippen LogP contribution in [-0.4, -0.2) is 11.5 Å². The molecule has 1 rings (SSSR count). The van der Waals surface area contributed by atoms with Crippen LogP contribution in [0.1, 0.15) is 116 Å². The fourth-order valence-corrected chi connectivity index (χ4v) is 5.60. The van der Waals surface area contributed by atoms with Gasteiger partial charge in [0.1, 0.15) is 0 Å². The monoisotopic (exact) mass is 422 g/mol. The third-order valence-corrected chi connectivity index (χ3v) is 7.42. The number of aryl methyl sites for hydroxylation is 1. The van der Waals surface area contributed by atoms with Crippen LogP contribution in [0.3, 0.4) is 0 Å². The van der Waals surface area contributed by atoms with E-state index in [9.17, 15) is 0 Å². The molecule has 0 saturated heterocycles. The lowest BCUT2D eigenvalue weighted by Crippen LogP contribution is -1.90. The molecule has 28 heavy (non-hydrogen) atoms. The Morgan fingerprint density at radius 2 is 0.929 bits per heavy atom. The van der Waals surface area contributed by atoms with Gasteiger partial charge in [-0.15, -0.1) is 23.5 Å². The smallest absolute Gasteiger partial charge is 0.00858 e. The van der Waals surface area contributed by atoms with Gasteiger partial charge in [0.25, 0.3) is 0 Å². The highest BCUT2D eigenvalue weighted by Crippen LogP contribution is 2.29. The van der Waals surface area contributed by atoms with Crippen molar-refractivity contribution in [1.29, 1.82) is 0 Å². The maximum Gasteiger partial charge on any atom is 0.00858 e. The van der Waals surface area contributed by atoms with E-state index < -0.39 is 0 Å². The molecule has 1 aromatic rings. The van der Waals surface area contributed by atoms with Crippen molar-refractivity contribution in [3.05, 3.63) is 23.8 Å². The van der Waals surface area contributed by atoms with E-state index in [1.54, 1.807) is 5.56 Å². The Kier molecular flexibility index (Phi) is 17.5. The van der Waals surface area contributed by atoms with Crippen LogP contribution in [0.2, 0.25) is 0 Å². The predicted molar refractivity (Wildman–Crippen MR) is 133 cm³/mol. The van der Waals surface area contributed by atoms with Crippen molar-refractivity contribution in [3.8, 4) is 0 Å². The number of thioether (sulfide) groups is 2. The van der Waals surface area contributed by atoms with E-state index in [0.29, 0.717) is 0 Å². The number of hydrogen-bond acceptors (Lipinski definition) is 2. The zero-order valence-electron chi connectivity index (χ0n) is 19.1. The average molecular weight is 423 g/mol. The molecule has 1 aromatic carbocycles. The third kappa shape index (κ3) is 14.0. The molecule has 0 amide bonds. The Hall–Kier alpha value is -0.0800. The largest absolute Gasteiger partial charge is 0.126 e. The predicted octanol–water partition coefficient (Wildman–Crippen LogP) is 9.93. The summed E-state index contributed by atoms with van der Waals surface area (Å²) >= 11 is 4.17. The van der Waals surface area contributed by atoms with Gasteiger partial charge in [-0.05, 0) is 61.0 Å². The quantitative estimate of drug-likeness (QED) is 0.161. The molecule has 0 fully saturated rings. The minimum absolute atomic E-state index is 1.24. The second-order valence-corrected chi connectivity index (χ2v) is 10.5. The highest BCUT2D eigenvalue weighted by molar-refractivity contribution is 8.00. The Morgan fingerprint density at radius 3 is 1.39 bits per heavy atom. The van der Waals surface area contributed by atoms with Crippen molar-refractivity contribution in [2.45, 2.75) is 127 Å². The van der Waals surface area contributed by atoms with Crippen LogP contribution in [0.25, 0.3) is 0 Å². The van der Waals surface area contributed by atoms with Crippen LogP contribution in [0, 0.1) is 0 Å². The molecule has 0 aliphatic carbocycles. The van der Waals surface area contributed by atoms with Crippen molar-refractivity contribution >= 4 is 23.5 Å². The number of benzene rings is 1. The van der Waals surface area contributed by atoms with Gasteiger partial charge in [0.2, 0.25) is 0 Å². The number of hydrogen-bond donors (Lipinski definition) is 0. The molecule has 0 aliphatic heterocycles. The third-order valence-electron chi connectivity index (χ3n) is 5.29. The first kappa shape index (κ1) is 26.0. The van der Waals surface area contributed by atoms with Gasteiger partial charge in [-0.1, -0.05) is 91.4 Å². The van der Waals surface area contributed by atoms with Crippen LogP contribution in [0.4, 0.5) is 0 Å². The summed E-state index contributed by atoms with van der Waals surface area (Å²) in [5, 5.41) is 0. The van der Waals surface area contributed by atoms with E-state index in [1.807, 2.05) is 0 Å². The second kappa shape index (κ2) is 18.9. The Bertz CT molecular complexity index is 433. The van der Waals surface area contributed by atoms with Gasteiger partial charge in [0, 0.05) is 9.79 Å². The lowest BCUT2D eigenvalue weighted by atomic mass is 10.1. The molecule has 0 atom stereocenters. The summed E-state index contributed by atoms with van der Waals surface area (Å²) in [5.41, 5.74) is 1.56. The minimum atomic E-state index is 1.24. The molecule has 0 N–H and O–H groups in total. The topological polar surface area (TPSA) is 0 Å². The van der Waals surface area contributed by atoms with Gasteiger partial charge in [-0.3, -0.25) is 0 Å². The standard InChI is InChI=1S/C26H46S2/c1-4-7-10-12-14-16-19-27-25-21-24(18-9-6-3)22-26(23-25)28-20-17-15-13-11-8-5-2/h21-23H,4-20H2,1-3H3. The molecule has 162 valence electrons. The summed E-state index contributed by atoms with van der Waals surface area (Å²) in [4.78, 5) is 3.01. The molecule has 0 saturated carbocycles. The summed E-state index contributed by atoms with van der Waals surface area (Å²) in [7, 11) is 0. The fourth-order valence-electron chi connectivity index (χ4n) is 3.47. The molecule has 0 radical (unpaired) electrons. The summed E-state index contributed by atoms with van der Waals surface area (Å²) in [5.74, 6) is 2.57. The van der Waals surface area contributed by atoms with E-state index in [1.165, 1.54) is 118 Å². The van der Waals surface area contributed by atoms with Gasteiger partial charge < -0.3 is 0 Å². The Balaban J connectivity index is 2.39. The lowest BCUT2D eigenvalue weighted by Gasteiger charge is -2.10. The van der Waals surface area contributed by atoms with Crippen molar-refractivity contribution in [2.75, 3.05) is 11.5 Å². The molecular weight excluding hydrogens is 376 g/mol. The maximum atomic E-state index is 2.46. The molecule has 0 nitrogen and oxygen atoms in total. The van der Waals surface area contributed by atoms with Gasteiger partial charge >= 0.3 is 0 Å². The number of rotatable bonds is 19. The molecule has 0 bridgehead atoms. The molecule has 0 unspecified atom stereocenters. The highest BCUT2D eigenvalue weighted by atomic mass is 32.2. The number of unbranched alkanes of at least 4 members (excludes halogenated alkanes) is 11. The lowest BCUT2D eigenvalue weighted by molar-refractivity contribution is 0.627. The van der Waals surface area contributed by atoms with Crippen LogP contribution in [0.5, 0.6) is 0 Å². The van der Waals surface area contributed by atoms with Crippen LogP contribution in [-0.2, 0) is 6.42 Å². The van der Waals surface area contributed by atoms with Crippen molar-refractivity contribution in [3.63, 3.8) is 0 Å². The summed E-state index contributed by atoms with van der Waals surface area (Å²) < 4.78 is 0. The molecule has 0 aliphatic rings. The Morgan fingerprint density at radius 1 is 0.500 bits per heavy atom. The average Bonchev–Trinajstić information content (AvgIpc) is 2.71. The molecule has 0 aromatic heterocycles. The Labute approximate surface area is 185 Å². The van der Waals surface area contributed by atoms with Crippen molar-refractivity contribution < 1.29 is 0 Å². The van der Waals surface area contributed by atoms with E-state index in [-0.39, 0.29) is 0 Å². The van der Waals surface area contributed by atoms with E-state index >= 15 is 0 Å². The minimum Gasteiger partial charge on any atom is -0.126 e. The fraction of sp³-hybridized carbons (Fsp3) is 0.769. The normalized spacial score (nSPS) is 11.2. The highest BCUT2D eigenvalue weighted by Gasteiger charge is 2.04. The molecular formula is C26H46S2.